The fourth-order valence-electron chi connectivity index (χ4n) is 3.96. The number of nitrogens with zero attached hydrogens (tertiary/aromatic N) is 1. The smallest absolute Gasteiger partial charge is 0.300 e. The van der Waals surface area contributed by atoms with Crippen molar-refractivity contribution >= 4 is 34.5 Å². The number of carbonyl (C=O) groups is 2. The van der Waals surface area contributed by atoms with Gasteiger partial charge < -0.3 is 9.84 Å². The number of aliphatic hydroxyl groups excluding tert-OH is 1. The maximum absolute atomic E-state index is 13.2. The van der Waals surface area contributed by atoms with E-state index in [1.54, 1.807) is 24.3 Å². The summed E-state index contributed by atoms with van der Waals surface area (Å²) in [6.07, 6.45) is 0.893. The average Bonchev–Trinajstić information content (AvgIpc) is 3.40. The molecule has 0 spiro atoms. The molecule has 164 valence electrons. The minimum Gasteiger partial charge on any atom is -0.507 e. The molecule has 1 saturated heterocycles. The van der Waals surface area contributed by atoms with Crippen LogP contribution in [0.5, 0.6) is 5.75 Å². The molecule has 2 heterocycles. The summed E-state index contributed by atoms with van der Waals surface area (Å²) in [5.41, 5.74) is 3.19. The summed E-state index contributed by atoms with van der Waals surface area (Å²) in [5.74, 6) is -0.822. The third kappa shape index (κ3) is 3.94. The quantitative estimate of drug-likeness (QED) is 0.295. The van der Waals surface area contributed by atoms with Crippen LogP contribution in [-0.2, 0) is 9.59 Å². The molecule has 1 N–H and O–H groups in total. The van der Waals surface area contributed by atoms with Gasteiger partial charge in [0.2, 0.25) is 0 Å². The lowest BCUT2D eigenvalue weighted by Crippen LogP contribution is -2.29. The molecule has 1 amide bonds. The van der Waals surface area contributed by atoms with Crippen molar-refractivity contribution in [1.82, 2.24) is 0 Å². The molecule has 0 radical (unpaired) electrons. The number of amides is 1. The summed E-state index contributed by atoms with van der Waals surface area (Å²) in [6.45, 7) is 6.53. The van der Waals surface area contributed by atoms with E-state index in [2.05, 4.69) is 0 Å². The largest absolute Gasteiger partial charge is 0.507 e. The number of benzene rings is 2. The highest BCUT2D eigenvalue weighted by molar-refractivity contribution is 7.10. The van der Waals surface area contributed by atoms with Gasteiger partial charge in [-0.05, 0) is 67.6 Å². The molecule has 2 aromatic carbocycles. The third-order valence-electron chi connectivity index (χ3n) is 5.47. The first kappa shape index (κ1) is 21.8. The number of ether oxygens (including phenoxy) is 1. The number of aliphatic hydroxyl groups is 1. The van der Waals surface area contributed by atoms with Gasteiger partial charge in [-0.2, -0.15) is 0 Å². The molecule has 1 aliphatic heterocycles. The lowest BCUT2D eigenvalue weighted by Gasteiger charge is -2.26. The van der Waals surface area contributed by atoms with Gasteiger partial charge in [-0.3, -0.25) is 14.5 Å². The Morgan fingerprint density at radius 3 is 2.47 bits per heavy atom. The van der Waals surface area contributed by atoms with Gasteiger partial charge in [-0.15, -0.1) is 11.3 Å². The lowest BCUT2D eigenvalue weighted by molar-refractivity contribution is -0.132. The summed E-state index contributed by atoms with van der Waals surface area (Å²) in [4.78, 5) is 28.7. The Labute approximate surface area is 191 Å². The monoisotopic (exact) mass is 447 g/mol. The zero-order valence-electron chi connectivity index (χ0n) is 18.3. The molecular formula is C26H25NO4S. The molecule has 1 atom stereocenters. The van der Waals surface area contributed by atoms with Gasteiger partial charge in [0.05, 0.1) is 12.2 Å². The van der Waals surface area contributed by atoms with Gasteiger partial charge >= 0.3 is 0 Å². The molecule has 5 nitrogen and oxygen atoms in total. The van der Waals surface area contributed by atoms with Crippen molar-refractivity contribution in [3.05, 3.63) is 87.1 Å². The van der Waals surface area contributed by atoms with E-state index in [1.807, 2.05) is 56.5 Å². The topological polar surface area (TPSA) is 66.8 Å². The number of Topliss-reactive ketones (excluding diaryl/α,β-unsaturated/α-hetero) is 1. The van der Waals surface area contributed by atoms with Crippen LogP contribution in [0.1, 0.15) is 41.0 Å². The Hall–Kier alpha value is -3.38. The second-order valence-electron chi connectivity index (χ2n) is 7.85. The zero-order chi connectivity index (χ0) is 22.8. The van der Waals surface area contributed by atoms with E-state index in [9.17, 15) is 14.7 Å². The van der Waals surface area contributed by atoms with E-state index in [-0.39, 0.29) is 11.3 Å². The van der Waals surface area contributed by atoms with Crippen LogP contribution in [0.15, 0.2) is 65.6 Å². The van der Waals surface area contributed by atoms with Crippen molar-refractivity contribution in [3.63, 3.8) is 0 Å². The fraction of sp³-hybridized carbons (Fsp3) is 0.231. The molecule has 0 aliphatic carbocycles. The van der Waals surface area contributed by atoms with E-state index >= 15 is 0 Å². The Morgan fingerprint density at radius 1 is 1.09 bits per heavy atom. The predicted molar refractivity (Wildman–Crippen MR) is 127 cm³/mol. The number of rotatable bonds is 6. The Balaban J connectivity index is 1.83. The first-order chi connectivity index (χ1) is 15.4. The van der Waals surface area contributed by atoms with E-state index in [1.165, 1.54) is 16.2 Å². The summed E-state index contributed by atoms with van der Waals surface area (Å²) < 4.78 is 5.61. The number of hydrogen-bond donors (Lipinski definition) is 1. The van der Waals surface area contributed by atoms with E-state index in [0.29, 0.717) is 23.6 Å². The molecule has 1 fully saturated rings. The van der Waals surface area contributed by atoms with Crippen LogP contribution in [0.2, 0.25) is 0 Å². The molecule has 1 aromatic heterocycles. The first-order valence-electron chi connectivity index (χ1n) is 10.6. The molecular weight excluding hydrogens is 422 g/mol. The van der Waals surface area contributed by atoms with Crippen molar-refractivity contribution in [2.75, 3.05) is 11.5 Å². The summed E-state index contributed by atoms with van der Waals surface area (Å²) >= 11 is 1.45. The Kier molecular flexibility index (Phi) is 6.15. The predicted octanol–water partition coefficient (Wildman–Crippen LogP) is 5.78. The first-order valence-corrected chi connectivity index (χ1v) is 11.4. The second-order valence-corrected chi connectivity index (χ2v) is 8.83. The van der Waals surface area contributed by atoms with Gasteiger partial charge in [-0.1, -0.05) is 30.7 Å². The van der Waals surface area contributed by atoms with E-state index in [4.69, 9.17) is 4.74 Å². The maximum Gasteiger partial charge on any atom is 0.300 e. The molecule has 32 heavy (non-hydrogen) atoms. The van der Waals surface area contributed by atoms with Gasteiger partial charge in [0.15, 0.2) is 0 Å². The minimum absolute atomic E-state index is 0.0969. The van der Waals surface area contributed by atoms with Crippen molar-refractivity contribution in [3.8, 4) is 5.75 Å². The number of ketones is 1. The highest BCUT2D eigenvalue weighted by atomic mass is 32.1. The highest BCUT2D eigenvalue weighted by Crippen LogP contribution is 2.44. The van der Waals surface area contributed by atoms with Crippen LogP contribution < -0.4 is 9.64 Å². The molecule has 6 heteroatoms. The minimum atomic E-state index is -0.688. The summed E-state index contributed by atoms with van der Waals surface area (Å²) in [6, 6.07) is 15.7. The molecule has 3 aromatic rings. The van der Waals surface area contributed by atoms with Crippen LogP contribution in [0.4, 0.5) is 5.69 Å². The van der Waals surface area contributed by atoms with Crippen LogP contribution in [0.25, 0.3) is 5.76 Å². The standard InChI is InChI=1S/C26H25NO4S/c1-4-13-31-19-10-8-18(9-11-19)24(28)22-23(21-6-5-14-32-21)27(26(30)25(22)29)20-12-7-16(2)15-17(20)3/h5-12,14-15,23,28H,4,13H2,1-3H3/b24-22-. The molecule has 0 saturated carbocycles. The third-order valence-corrected chi connectivity index (χ3v) is 6.39. The number of aryl methyl sites for hydroxylation is 2. The fourth-order valence-corrected chi connectivity index (χ4v) is 4.78. The van der Waals surface area contributed by atoms with Gasteiger partial charge in [0.25, 0.3) is 11.7 Å². The number of hydrogen-bond acceptors (Lipinski definition) is 5. The van der Waals surface area contributed by atoms with E-state index in [0.717, 1.165) is 22.4 Å². The average molecular weight is 448 g/mol. The van der Waals surface area contributed by atoms with Crippen LogP contribution in [-0.4, -0.2) is 23.4 Å². The van der Waals surface area contributed by atoms with Gasteiger partial charge in [-0.25, -0.2) is 0 Å². The number of anilines is 1. The Bertz CT molecular complexity index is 1180. The number of thiophene rings is 1. The van der Waals surface area contributed by atoms with Gasteiger partial charge in [0, 0.05) is 16.1 Å². The SMILES string of the molecule is CCCOc1ccc(/C(O)=C2/C(=O)C(=O)N(c3ccc(C)cc3C)C2c2cccs2)cc1. The van der Waals surface area contributed by atoms with Gasteiger partial charge in [0.1, 0.15) is 17.6 Å². The summed E-state index contributed by atoms with van der Waals surface area (Å²) in [7, 11) is 0. The van der Waals surface area contributed by atoms with Crippen molar-refractivity contribution in [2.24, 2.45) is 0 Å². The molecule has 0 bridgehead atoms. The maximum atomic E-state index is 13.2. The van der Waals surface area contributed by atoms with Crippen LogP contribution in [0, 0.1) is 13.8 Å². The van der Waals surface area contributed by atoms with Crippen molar-refractivity contribution < 1.29 is 19.4 Å². The summed E-state index contributed by atoms with van der Waals surface area (Å²) in [5, 5.41) is 13.1. The van der Waals surface area contributed by atoms with E-state index < -0.39 is 17.7 Å². The highest BCUT2D eigenvalue weighted by Gasteiger charge is 2.47. The van der Waals surface area contributed by atoms with Crippen LogP contribution in [0.3, 0.4) is 0 Å². The lowest BCUT2D eigenvalue weighted by atomic mass is 9.99. The molecule has 4 rings (SSSR count). The Morgan fingerprint density at radius 2 is 1.84 bits per heavy atom. The second kappa shape index (κ2) is 9.01. The molecule has 1 aliphatic rings. The van der Waals surface area contributed by atoms with Crippen molar-refractivity contribution in [2.45, 2.75) is 33.2 Å². The molecule has 1 unspecified atom stereocenters. The zero-order valence-corrected chi connectivity index (χ0v) is 19.1. The van der Waals surface area contributed by atoms with Crippen molar-refractivity contribution in [1.29, 1.82) is 0 Å². The normalized spacial score (nSPS) is 17.7. The number of carbonyl (C=O) groups excluding carboxylic acids is 2. The van der Waals surface area contributed by atoms with Crippen LogP contribution >= 0.6 is 11.3 Å².